The van der Waals surface area contributed by atoms with Gasteiger partial charge in [0.15, 0.2) is 5.82 Å². The number of carbonyl (C=O) groups is 7. The van der Waals surface area contributed by atoms with E-state index >= 15 is 0 Å². The molecule has 0 saturated carbocycles. The Hall–Kier alpha value is -6.45. The zero-order valence-electron chi connectivity index (χ0n) is 35.2. The first-order valence-corrected chi connectivity index (χ1v) is 20.3. The van der Waals surface area contributed by atoms with Crippen LogP contribution in [0.5, 0.6) is 11.5 Å². The maximum atomic E-state index is 13.3. The van der Waals surface area contributed by atoms with Crippen LogP contribution in [0.25, 0.3) is 17.1 Å². The van der Waals surface area contributed by atoms with Gasteiger partial charge in [-0.05, 0) is 49.1 Å². The molecule has 1 aliphatic rings. The summed E-state index contributed by atoms with van der Waals surface area (Å²) in [5, 5.41) is 60.3. The van der Waals surface area contributed by atoms with Crippen molar-refractivity contribution in [3.63, 3.8) is 0 Å². The Kier molecular flexibility index (Phi) is 17.9. The van der Waals surface area contributed by atoms with Gasteiger partial charge in [0.25, 0.3) is 5.91 Å². The number of rotatable bonds is 21. The first kappa shape index (κ1) is 48.2. The number of aliphatic hydroxyl groups is 2. The van der Waals surface area contributed by atoms with Crippen molar-refractivity contribution >= 4 is 41.7 Å². The lowest BCUT2D eigenvalue weighted by Crippen LogP contribution is -2.56. The minimum Gasteiger partial charge on any atom is -0.508 e. The number of benzene rings is 2. The van der Waals surface area contributed by atoms with Crippen molar-refractivity contribution in [1.29, 1.82) is 0 Å². The van der Waals surface area contributed by atoms with E-state index in [1.165, 1.54) is 13.0 Å². The predicted molar refractivity (Wildman–Crippen MR) is 223 cm³/mol. The highest BCUT2D eigenvalue weighted by atomic mass is 16.3. The van der Waals surface area contributed by atoms with E-state index in [-0.39, 0.29) is 60.8 Å². The van der Waals surface area contributed by atoms with E-state index in [0.717, 1.165) is 5.56 Å². The van der Waals surface area contributed by atoms with Crippen molar-refractivity contribution in [1.82, 2.24) is 51.1 Å². The largest absolute Gasteiger partial charge is 0.508 e. The normalized spacial score (nSPS) is 14.3. The number of piperazine rings is 1. The third-order valence-electron chi connectivity index (χ3n) is 10.0. The summed E-state index contributed by atoms with van der Waals surface area (Å²) in [4.78, 5) is 91.0. The third kappa shape index (κ3) is 12.8. The second kappa shape index (κ2) is 23.0. The molecule has 1 saturated heterocycles. The van der Waals surface area contributed by atoms with Crippen LogP contribution in [0.3, 0.4) is 0 Å². The minimum absolute atomic E-state index is 0.0146. The summed E-state index contributed by atoms with van der Waals surface area (Å²) in [5.74, 6) is -3.76. The lowest BCUT2D eigenvalue weighted by Gasteiger charge is -2.36. The molecule has 1 aliphatic heterocycles. The van der Waals surface area contributed by atoms with E-state index in [4.69, 9.17) is 5.11 Å². The number of aromatic nitrogens is 3. The van der Waals surface area contributed by atoms with E-state index in [1.54, 1.807) is 22.5 Å². The highest BCUT2D eigenvalue weighted by molar-refractivity contribution is 5.94. The third-order valence-corrected chi connectivity index (χ3v) is 10.0. The summed E-state index contributed by atoms with van der Waals surface area (Å²) in [7, 11) is 0. The van der Waals surface area contributed by atoms with Gasteiger partial charge in [-0.15, -0.1) is 10.2 Å². The number of phenols is 2. The fourth-order valence-electron chi connectivity index (χ4n) is 6.69. The fourth-order valence-corrected chi connectivity index (χ4v) is 6.69. The number of hydrogen-bond donors (Lipinski definition) is 9. The van der Waals surface area contributed by atoms with Gasteiger partial charge in [-0.2, -0.15) is 0 Å². The lowest BCUT2D eigenvalue weighted by atomic mass is 9.98. The number of aliphatic hydroxyl groups excluding tert-OH is 2. The van der Waals surface area contributed by atoms with Gasteiger partial charge in [-0.3, -0.25) is 38.2 Å². The van der Waals surface area contributed by atoms with Gasteiger partial charge in [-0.25, -0.2) is 0 Å². The highest BCUT2D eigenvalue weighted by Gasteiger charge is 2.30. The highest BCUT2D eigenvalue weighted by Crippen LogP contribution is 2.38. The molecule has 62 heavy (non-hydrogen) atoms. The second-order valence-corrected chi connectivity index (χ2v) is 15.0. The molecule has 2 aromatic carbocycles. The molecule has 336 valence electrons. The lowest BCUT2D eigenvalue weighted by molar-refractivity contribution is -0.138. The minimum atomic E-state index is -1.29. The van der Waals surface area contributed by atoms with Crippen molar-refractivity contribution in [2.75, 3.05) is 52.5 Å². The van der Waals surface area contributed by atoms with Crippen LogP contribution in [0, 0.1) is 0 Å². The molecule has 1 fully saturated rings. The molecule has 2 heterocycles. The first-order valence-electron chi connectivity index (χ1n) is 20.3. The molecule has 0 spiro atoms. The molecule has 21 heteroatoms. The van der Waals surface area contributed by atoms with Crippen LogP contribution in [-0.4, -0.2) is 157 Å². The molecular weight excluding hydrogens is 809 g/mol. The Bertz CT molecular complexity index is 2070. The average molecular weight is 865 g/mol. The van der Waals surface area contributed by atoms with Crippen LogP contribution in [0.15, 0.2) is 36.4 Å². The monoisotopic (exact) mass is 864 g/mol. The summed E-state index contributed by atoms with van der Waals surface area (Å²) < 4.78 is 1.55. The van der Waals surface area contributed by atoms with Gasteiger partial charge >= 0.3 is 0 Å². The molecule has 4 rings (SSSR count). The van der Waals surface area contributed by atoms with Gasteiger partial charge in [0, 0.05) is 76.8 Å². The van der Waals surface area contributed by atoms with E-state index < -0.39 is 60.9 Å². The zero-order valence-corrected chi connectivity index (χ0v) is 35.2. The molecule has 0 radical (unpaired) electrons. The SMILES string of the molecule is CCNC(=O)c1nnc(-c2cc(C(C)C)c(O)cc2O)n1-c1ccc(CN2CCN(C(=O)[C@@H](C)NC(=O)[C@H](CC=O)NC(=O)CCNC(=O)[C@@H](CO)NC(=O)CCO)CC2)cc1. The maximum Gasteiger partial charge on any atom is 0.289 e. The smallest absolute Gasteiger partial charge is 0.289 e. The van der Waals surface area contributed by atoms with Crippen LogP contribution < -0.4 is 26.6 Å². The van der Waals surface area contributed by atoms with Gasteiger partial charge in [-0.1, -0.05) is 26.0 Å². The number of nitrogens with zero attached hydrogens (tertiary/aromatic N) is 5. The Morgan fingerprint density at radius 2 is 1.47 bits per heavy atom. The van der Waals surface area contributed by atoms with Crippen molar-refractivity contribution in [2.45, 2.75) is 77.5 Å². The number of nitrogens with one attached hydrogen (secondary N) is 5. The van der Waals surface area contributed by atoms with Crippen molar-refractivity contribution in [3.8, 4) is 28.6 Å². The molecule has 6 amide bonds. The summed E-state index contributed by atoms with van der Waals surface area (Å²) in [6.45, 7) is 8.41. The molecule has 1 aromatic heterocycles. The molecule has 9 N–H and O–H groups in total. The number of carbonyl (C=O) groups excluding carboxylic acids is 7. The molecule has 0 unspecified atom stereocenters. The number of hydrogen-bond acceptors (Lipinski definition) is 14. The molecule has 21 nitrogen and oxygen atoms in total. The van der Waals surface area contributed by atoms with Crippen molar-refractivity contribution < 1.29 is 54.0 Å². The molecule has 0 bridgehead atoms. The number of phenolic OH excluding ortho intramolecular Hbond substituents is 2. The van der Waals surface area contributed by atoms with Gasteiger partial charge in [0.1, 0.15) is 35.9 Å². The van der Waals surface area contributed by atoms with Gasteiger partial charge in [0.05, 0.1) is 18.8 Å². The first-order chi connectivity index (χ1) is 29.6. The van der Waals surface area contributed by atoms with Gasteiger partial charge < -0.3 is 56.7 Å². The van der Waals surface area contributed by atoms with Crippen LogP contribution in [0.4, 0.5) is 0 Å². The summed E-state index contributed by atoms with van der Waals surface area (Å²) in [5.41, 5.74) is 2.39. The Labute approximate surface area is 358 Å². The van der Waals surface area contributed by atoms with E-state index in [1.807, 2.05) is 38.1 Å². The molecule has 3 aromatic rings. The Morgan fingerprint density at radius 3 is 2.08 bits per heavy atom. The van der Waals surface area contributed by atoms with Crippen LogP contribution >= 0.6 is 0 Å². The number of aldehydes is 1. The molecule has 0 aliphatic carbocycles. The topological polar surface area (TPSA) is 298 Å². The summed E-state index contributed by atoms with van der Waals surface area (Å²) >= 11 is 0. The molecule has 3 atom stereocenters. The Balaban J connectivity index is 1.31. The standard InChI is InChI=1S/C41H56N10O11/c1-5-42-40(61)37-48-47-36(29-20-28(24(2)3)32(55)21-33(29)56)51(37)27-8-6-26(7-9-27)22-49-14-16-50(17-15-49)41(62)25(4)44-39(60)30(11-18-52)45-34(57)10-13-43-38(59)31(23-54)46-35(58)12-19-53/h6-9,18,20-21,24-25,30-31,53-56H,5,10-17,19,22-23H2,1-4H3,(H,42,61)(H,43,59)(H,44,60)(H,45,57)(H,46,58)/t25-,30+,31-/m1/s1. The van der Waals surface area contributed by atoms with Crippen molar-refractivity contribution in [2.24, 2.45) is 0 Å². The van der Waals surface area contributed by atoms with Crippen LogP contribution in [-0.2, 0) is 35.3 Å². The number of aromatic hydroxyl groups is 2. The molecular formula is C41H56N10O11. The van der Waals surface area contributed by atoms with Crippen LogP contribution in [0.2, 0.25) is 0 Å². The van der Waals surface area contributed by atoms with E-state index in [0.29, 0.717) is 62.4 Å². The van der Waals surface area contributed by atoms with E-state index in [2.05, 4.69) is 41.7 Å². The predicted octanol–water partition coefficient (Wildman–Crippen LogP) is -1.19. The zero-order chi connectivity index (χ0) is 45.5. The summed E-state index contributed by atoms with van der Waals surface area (Å²) in [6, 6.07) is 6.74. The van der Waals surface area contributed by atoms with Gasteiger partial charge in [0.2, 0.25) is 35.4 Å². The van der Waals surface area contributed by atoms with Crippen molar-refractivity contribution in [3.05, 3.63) is 53.3 Å². The second-order valence-electron chi connectivity index (χ2n) is 15.0. The van der Waals surface area contributed by atoms with Crippen LogP contribution in [0.1, 0.15) is 74.6 Å². The Morgan fingerprint density at radius 1 is 0.806 bits per heavy atom. The number of amides is 6. The summed E-state index contributed by atoms with van der Waals surface area (Å²) in [6.07, 6.45) is -0.477. The average Bonchev–Trinajstić information content (AvgIpc) is 3.68. The van der Waals surface area contributed by atoms with E-state index in [9.17, 15) is 48.9 Å². The fraction of sp³-hybridized carbons (Fsp3) is 0.488. The maximum absolute atomic E-state index is 13.3. The quantitative estimate of drug-likeness (QED) is 0.0570.